The Kier molecular flexibility index (Phi) is 7.05. The van der Waals surface area contributed by atoms with Crippen LogP contribution in [0, 0.1) is 0 Å². The van der Waals surface area contributed by atoms with E-state index in [0.29, 0.717) is 15.6 Å². The molecule has 0 saturated heterocycles. The van der Waals surface area contributed by atoms with Gasteiger partial charge in [-0.2, -0.15) is 0 Å². The average molecular weight is 375 g/mol. The van der Waals surface area contributed by atoms with E-state index in [2.05, 4.69) is 10.6 Å². The molecule has 6 nitrogen and oxygen atoms in total. The van der Waals surface area contributed by atoms with Gasteiger partial charge in [0.15, 0.2) is 6.10 Å². The molecular formula is C16H20Cl2N2O4. The van der Waals surface area contributed by atoms with Gasteiger partial charge in [-0.25, -0.2) is 4.79 Å². The molecule has 1 unspecified atom stereocenters. The summed E-state index contributed by atoms with van der Waals surface area (Å²) >= 11 is 12.0. The fourth-order valence-corrected chi connectivity index (χ4v) is 2.25. The minimum Gasteiger partial charge on any atom is -0.452 e. The highest BCUT2D eigenvalue weighted by Crippen LogP contribution is 2.25. The highest BCUT2D eigenvalue weighted by Gasteiger charge is 2.23. The first kappa shape index (κ1) is 20.3. The maximum absolute atomic E-state index is 11.9. The van der Waals surface area contributed by atoms with Crippen LogP contribution in [0.15, 0.2) is 18.2 Å². The molecule has 1 rings (SSSR count). The van der Waals surface area contributed by atoms with Gasteiger partial charge in [0.1, 0.15) is 0 Å². The SMILES string of the molecule is CC(OC(=O)Cc1c(Cl)cccc1Cl)C(=O)NC(=O)NC(C)(C)C. The van der Waals surface area contributed by atoms with Crippen LogP contribution >= 0.6 is 23.2 Å². The molecule has 1 aromatic rings. The molecule has 3 amide bonds. The molecule has 0 aliphatic heterocycles. The normalized spacial score (nSPS) is 12.2. The van der Waals surface area contributed by atoms with Crippen molar-refractivity contribution in [3.63, 3.8) is 0 Å². The van der Waals surface area contributed by atoms with Crippen molar-refractivity contribution in [3.8, 4) is 0 Å². The van der Waals surface area contributed by atoms with Gasteiger partial charge in [-0.05, 0) is 39.8 Å². The van der Waals surface area contributed by atoms with Gasteiger partial charge in [0.2, 0.25) is 0 Å². The zero-order valence-electron chi connectivity index (χ0n) is 13.9. The van der Waals surface area contributed by atoms with Gasteiger partial charge < -0.3 is 10.1 Å². The molecule has 0 bridgehead atoms. The number of esters is 1. The Morgan fingerprint density at radius 1 is 1.17 bits per heavy atom. The van der Waals surface area contributed by atoms with Crippen molar-refractivity contribution in [2.75, 3.05) is 0 Å². The monoisotopic (exact) mass is 374 g/mol. The second kappa shape index (κ2) is 8.35. The summed E-state index contributed by atoms with van der Waals surface area (Å²) in [7, 11) is 0. The number of amides is 3. The summed E-state index contributed by atoms with van der Waals surface area (Å²) in [5, 5.41) is 5.35. The number of halogens is 2. The number of hydrogen-bond acceptors (Lipinski definition) is 4. The van der Waals surface area contributed by atoms with Crippen LogP contribution in [0.25, 0.3) is 0 Å². The number of hydrogen-bond donors (Lipinski definition) is 2. The van der Waals surface area contributed by atoms with Crippen LogP contribution in [0.4, 0.5) is 4.79 Å². The van der Waals surface area contributed by atoms with Gasteiger partial charge in [0.25, 0.3) is 5.91 Å². The van der Waals surface area contributed by atoms with Gasteiger partial charge in [-0.15, -0.1) is 0 Å². The molecule has 1 aromatic carbocycles. The van der Waals surface area contributed by atoms with Crippen molar-refractivity contribution < 1.29 is 19.1 Å². The topological polar surface area (TPSA) is 84.5 Å². The lowest BCUT2D eigenvalue weighted by Crippen LogP contribution is -2.50. The minimum absolute atomic E-state index is 0.176. The van der Waals surface area contributed by atoms with Gasteiger partial charge in [-0.1, -0.05) is 29.3 Å². The first-order chi connectivity index (χ1) is 11.0. The predicted octanol–water partition coefficient (Wildman–Crippen LogP) is 3.09. The Balaban J connectivity index is 2.57. The smallest absolute Gasteiger partial charge is 0.321 e. The summed E-state index contributed by atoms with van der Waals surface area (Å²) in [5.41, 5.74) is -0.0747. The Hall–Kier alpha value is -1.79. The van der Waals surface area contributed by atoms with E-state index in [0.717, 1.165) is 0 Å². The number of carbonyl (C=O) groups is 3. The molecule has 2 N–H and O–H groups in total. The Bertz CT molecular complexity index is 621. The molecule has 132 valence electrons. The molecule has 0 fully saturated rings. The van der Waals surface area contributed by atoms with Crippen LogP contribution < -0.4 is 10.6 Å². The summed E-state index contributed by atoms with van der Waals surface area (Å²) in [6.45, 7) is 6.68. The van der Waals surface area contributed by atoms with Gasteiger partial charge in [-0.3, -0.25) is 14.9 Å². The molecule has 0 saturated carbocycles. The number of urea groups is 1. The van der Waals surface area contributed by atoms with Crippen LogP contribution in [0.2, 0.25) is 10.0 Å². The van der Waals surface area contributed by atoms with Crippen LogP contribution in [0.3, 0.4) is 0 Å². The van der Waals surface area contributed by atoms with E-state index in [1.165, 1.54) is 6.92 Å². The third-order valence-electron chi connectivity index (χ3n) is 2.79. The van der Waals surface area contributed by atoms with Crippen molar-refractivity contribution in [2.45, 2.75) is 45.8 Å². The number of benzene rings is 1. The first-order valence-corrected chi connectivity index (χ1v) is 8.00. The third kappa shape index (κ3) is 6.76. The first-order valence-electron chi connectivity index (χ1n) is 7.25. The Morgan fingerprint density at radius 3 is 2.21 bits per heavy atom. The highest BCUT2D eigenvalue weighted by molar-refractivity contribution is 6.36. The molecule has 1 atom stereocenters. The van der Waals surface area contributed by atoms with Gasteiger partial charge in [0, 0.05) is 21.1 Å². The molecule has 0 spiro atoms. The van der Waals surface area contributed by atoms with E-state index in [4.69, 9.17) is 27.9 Å². The molecule has 0 aliphatic carbocycles. The summed E-state index contributed by atoms with van der Waals surface area (Å²) in [6.07, 6.45) is -1.31. The lowest BCUT2D eigenvalue weighted by atomic mass is 10.1. The van der Waals surface area contributed by atoms with Crippen molar-refractivity contribution in [3.05, 3.63) is 33.8 Å². The minimum atomic E-state index is -1.13. The van der Waals surface area contributed by atoms with Gasteiger partial charge in [0.05, 0.1) is 6.42 Å². The zero-order chi connectivity index (χ0) is 18.5. The van der Waals surface area contributed by atoms with Crippen LogP contribution in [0.5, 0.6) is 0 Å². The molecule has 0 aromatic heterocycles. The number of imide groups is 1. The van der Waals surface area contributed by atoms with Crippen LogP contribution in [0.1, 0.15) is 33.3 Å². The Morgan fingerprint density at radius 2 is 1.71 bits per heavy atom. The van der Waals surface area contributed by atoms with E-state index in [1.807, 2.05) is 0 Å². The van der Waals surface area contributed by atoms with Crippen LogP contribution in [-0.4, -0.2) is 29.6 Å². The molecule has 0 aliphatic rings. The average Bonchev–Trinajstić information content (AvgIpc) is 2.40. The highest BCUT2D eigenvalue weighted by atomic mass is 35.5. The maximum atomic E-state index is 11.9. The number of nitrogens with one attached hydrogen (secondary N) is 2. The molecule has 0 radical (unpaired) electrons. The Labute approximate surface area is 150 Å². The van der Waals surface area contributed by atoms with E-state index >= 15 is 0 Å². The summed E-state index contributed by atoms with van der Waals surface area (Å²) in [6, 6.07) is 4.19. The predicted molar refractivity (Wildman–Crippen MR) is 92.1 cm³/mol. The maximum Gasteiger partial charge on any atom is 0.321 e. The fourth-order valence-electron chi connectivity index (χ4n) is 1.72. The van der Waals surface area contributed by atoms with E-state index in [1.54, 1.807) is 39.0 Å². The van der Waals surface area contributed by atoms with Crippen molar-refractivity contribution in [1.82, 2.24) is 10.6 Å². The van der Waals surface area contributed by atoms with Crippen molar-refractivity contribution >= 4 is 41.1 Å². The van der Waals surface area contributed by atoms with E-state index in [9.17, 15) is 14.4 Å². The fraction of sp³-hybridized carbons (Fsp3) is 0.438. The van der Waals surface area contributed by atoms with E-state index in [-0.39, 0.29) is 6.42 Å². The zero-order valence-corrected chi connectivity index (χ0v) is 15.4. The molecular weight excluding hydrogens is 355 g/mol. The standard InChI is InChI=1S/C16H20Cl2N2O4/c1-9(14(22)19-15(23)20-16(2,3)4)24-13(21)8-10-11(17)6-5-7-12(10)18/h5-7,9H,8H2,1-4H3,(H2,19,20,22,23). The third-order valence-corrected chi connectivity index (χ3v) is 3.49. The molecule has 8 heteroatoms. The molecule has 0 heterocycles. The van der Waals surface area contributed by atoms with Crippen molar-refractivity contribution in [1.29, 1.82) is 0 Å². The summed E-state index contributed by atoms with van der Waals surface area (Å²) < 4.78 is 5.01. The lowest BCUT2D eigenvalue weighted by molar-refractivity contribution is -0.153. The lowest BCUT2D eigenvalue weighted by Gasteiger charge is -2.21. The number of ether oxygens (including phenoxy) is 1. The number of carbonyl (C=O) groups excluding carboxylic acids is 3. The number of rotatable bonds is 4. The summed E-state index contributed by atoms with van der Waals surface area (Å²) in [4.78, 5) is 35.4. The second-order valence-electron chi connectivity index (χ2n) is 6.20. The van der Waals surface area contributed by atoms with Gasteiger partial charge >= 0.3 is 12.0 Å². The van der Waals surface area contributed by atoms with E-state index < -0.39 is 29.6 Å². The quantitative estimate of drug-likeness (QED) is 0.792. The summed E-state index contributed by atoms with van der Waals surface area (Å²) in [5.74, 6) is -1.40. The van der Waals surface area contributed by atoms with Crippen LogP contribution in [-0.2, 0) is 20.7 Å². The van der Waals surface area contributed by atoms with Crippen molar-refractivity contribution in [2.24, 2.45) is 0 Å². The molecule has 24 heavy (non-hydrogen) atoms. The second-order valence-corrected chi connectivity index (χ2v) is 7.02. The largest absolute Gasteiger partial charge is 0.452 e.